The number of carbonyl (C=O) groups is 1. The molecule has 10 heteroatoms. The SMILES string of the molecule is Cc1onc(C(=O)Nc2ccn(Cc3c(F)cccc3Cl)n2)c1COc1ccccc1Cl. The Morgan fingerprint density at radius 1 is 1.12 bits per heavy atom. The van der Waals surface area contributed by atoms with Crippen molar-refractivity contribution in [2.45, 2.75) is 20.1 Å². The van der Waals surface area contributed by atoms with E-state index in [1.165, 1.54) is 16.8 Å². The van der Waals surface area contributed by atoms with Crippen molar-refractivity contribution in [3.63, 3.8) is 0 Å². The summed E-state index contributed by atoms with van der Waals surface area (Å²) in [5, 5.41) is 11.5. The van der Waals surface area contributed by atoms with E-state index in [9.17, 15) is 9.18 Å². The maximum Gasteiger partial charge on any atom is 0.279 e. The Kier molecular flexibility index (Phi) is 6.43. The van der Waals surface area contributed by atoms with Crippen molar-refractivity contribution in [2.24, 2.45) is 0 Å². The fourth-order valence-electron chi connectivity index (χ4n) is 2.99. The van der Waals surface area contributed by atoms with Crippen LogP contribution in [0, 0.1) is 12.7 Å². The van der Waals surface area contributed by atoms with E-state index in [4.69, 9.17) is 32.5 Å². The highest BCUT2D eigenvalue weighted by Gasteiger charge is 2.21. The second kappa shape index (κ2) is 9.42. The van der Waals surface area contributed by atoms with Crippen molar-refractivity contribution in [1.82, 2.24) is 14.9 Å². The first-order chi connectivity index (χ1) is 15.4. The van der Waals surface area contributed by atoms with Crippen LogP contribution in [0.2, 0.25) is 10.0 Å². The monoisotopic (exact) mass is 474 g/mol. The lowest BCUT2D eigenvalue weighted by atomic mass is 10.2. The number of nitrogens with one attached hydrogen (secondary N) is 1. The van der Waals surface area contributed by atoms with Crippen LogP contribution >= 0.6 is 23.2 Å². The molecule has 0 aliphatic carbocycles. The first-order valence-electron chi connectivity index (χ1n) is 9.52. The van der Waals surface area contributed by atoms with Gasteiger partial charge >= 0.3 is 0 Å². The van der Waals surface area contributed by atoms with Gasteiger partial charge in [0.15, 0.2) is 11.5 Å². The van der Waals surface area contributed by atoms with Gasteiger partial charge in [0, 0.05) is 22.8 Å². The van der Waals surface area contributed by atoms with Gasteiger partial charge in [-0.05, 0) is 31.2 Å². The number of para-hydroxylation sites is 1. The zero-order chi connectivity index (χ0) is 22.7. The third-order valence-electron chi connectivity index (χ3n) is 4.67. The molecular weight excluding hydrogens is 458 g/mol. The number of nitrogens with zero attached hydrogens (tertiary/aromatic N) is 3. The molecule has 1 N–H and O–H groups in total. The number of hydrogen-bond acceptors (Lipinski definition) is 5. The molecule has 0 aliphatic heterocycles. The van der Waals surface area contributed by atoms with E-state index < -0.39 is 11.7 Å². The summed E-state index contributed by atoms with van der Waals surface area (Å²) in [7, 11) is 0. The van der Waals surface area contributed by atoms with Gasteiger partial charge in [0.05, 0.1) is 17.1 Å². The standard InChI is InChI=1S/C22H17Cl2FN4O3/c1-13-15(12-31-19-8-3-2-5-17(19)24)21(28-32-13)22(30)26-20-9-10-29(27-20)11-14-16(23)6-4-7-18(14)25/h2-10H,11-12H2,1H3,(H,26,27,30). The molecule has 0 unspecified atom stereocenters. The number of halogens is 3. The first-order valence-corrected chi connectivity index (χ1v) is 10.3. The quantitative estimate of drug-likeness (QED) is 0.382. The molecule has 0 aliphatic rings. The average molecular weight is 475 g/mol. The molecule has 4 aromatic rings. The molecule has 0 saturated carbocycles. The lowest BCUT2D eigenvalue weighted by Crippen LogP contribution is -2.16. The molecule has 32 heavy (non-hydrogen) atoms. The van der Waals surface area contributed by atoms with Gasteiger partial charge in [-0.2, -0.15) is 5.10 Å². The minimum Gasteiger partial charge on any atom is -0.487 e. The van der Waals surface area contributed by atoms with E-state index in [0.29, 0.717) is 32.7 Å². The minimum absolute atomic E-state index is 0.0437. The predicted octanol–water partition coefficient (Wildman–Crippen LogP) is 5.51. The van der Waals surface area contributed by atoms with Crippen molar-refractivity contribution in [3.8, 4) is 5.75 Å². The van der Waals surface area contributed by atoms with Crippen LogP contribution < -0.4 is 10.1 Å². The zero-order valence-electron chi connectivity index (χ0n) is 16.8. The highest BCUT2D eigenvalue weighted by molar-refractivity contribution is 6.32. The van der Waals surface area contributed by atoms with Crippen LogP contribution in [0.15, 0.2) is 59.3 Å². The van der Waals surface area contributed by atoms with Crippen LogP contribution in [-0.2, 0) is 13.2 Å². The molecule has 164 valence electrons. The average Bonchev–Trinajstić information content (AvgIpc) is 3.36. The summed E-state index contributed by atoms with van der Waals surface area (Å²) in [6, 6.07) is 13.0. The van der Waals surface area contributed by atoms with Gasteiger partial charge in [0.25, 0.3) is 5.91 Å². The maximum atomic E-state index is 14.0. The highest BCUT2D eigenvalue weighted by atomic mass is 35.5. The maximum absolute atomic E-state index is 14.0. The Morgan fingerprint density at radius 2 is 1.91 bits per heavy atom. The van der Waals surface area contributed by atoms with E-state index in [0.717, 1.165) is 0 Å². The van der Waals surface area contributed by atoms with Crippen molar-refractivity contribution in [1.29, 1.82) is 0 Å². The second-order valence-corrected chi connectivity index (χ2v) is 7.65. The molecule has 7 nitrogen and oxygen atoms in total. The van der Waals surface area contributed by atoms with Gasteiger partial charge in [0.1, 0.15) is 23.9 Å². The summed E-state index contributed by atoms with van der Waals surface area (Å²) in [4.78, 5) is 12.8. The van der Waals surface area contributed by atoms with Gasteiger partial charge in [0.2, 0.25) is 0 Å². The first kappa shape index (κ1) is 21.9. The molecule has 0 atom stereocenters. The number of anilines is 1. The number of aromatic nitrogens is 3. The predicted molar refractivity (Wildman–Crippen MR) is 118 cm³/mol. The van der Waals surface area contributed by atoms with Gasteiger partial charge in [-0.1, -0.05) is 46.6 Å². The normalized spacial score (nSPS) is 10.9. The molecule has 0 bridgehead atoms. The minimum atomic E-state index is -0.520. The lowest BCUT2D eigenvalue weighted by molar-refractivity contribution is 0.101. The number of aryl methyl sites for hydroxylation is 1. The Bertz CT molecular complexity index is 1250. The molecule has 0 fully saturated rings. The van der Waals surface area contributed by atoms with E-state index >= 15 is 0 Å². The number of ether oxygens (including phenoxy) is 1. The third-order valence-corrected chi connectivity index (χ3v) is 5.34. The number of amides is 1. The van der Waals surface area contributed by atoms with Gasteiger partial charge in [-0.15, -0.1) is 0 Å². The van der Waals surface area contributed by atoms with E-state index in [1.807, 2.05) is 0 Å². The highest BCUT2D eigenvalue weighted by Crippen LogP contribution is 2.26. The van der Waals surface area contributed by atoms with Crippen LogP contribution in [0.3, 0.4) is 0 Å². The zero-order valence-corrected chi connectivity index (χ0v) is 18.3. The number of rotatable bonds is 7. The largest absolute Gasteiger partial charge is 0.487 e. The van der Waals surface area contributed by atoms with E-state index in [1.54, 1.807) is 49.5 Å². The van der Waals surface area contributed by atoms with Crippen molar-refractivity contribution in [2.75, 3.05) is 5.32 Å². The Balaban J connectivity index is 1.45. The second-order valence-electron chi connectivity index (χ2n) is 6.84. The van der Waals surface area contributed by atoms with E-state index in [-0.39, 0.29) is 24.7 Å². The van der Waals surface area contributed by atoms with E-state index in [2.05, 4.69) is 15.6 Å². The molecule has 2 aromatic carbocycles. The molecule has 0 spiro atoms. The summed E-state index contributed by atoms with van der Waals surface area (Å²) in [6.07, 6.45) is 1.61. The summed E-state index contributed by atoms with van der Waals surface area (Å²) in [5.74, 6) is 0.239. The van der Waals surface area contributed by atoms with Crippen LogP contribution in [0.5, 0.6) is 5.75 Å². The fourth-order valence-corrected chi connectivity index (χ4v) is 3.40. The molecule has 2 heterocycles. The smallest absolute Gasteiger partial charge is 0.279 e. The molecule has 1 amide bonds. The van der Waals surface area contributed by atoms with Crippen molar-refractivity contribution < 1.29 is 18.4 Å². The van der Waals surface area contributed by atoms with Crippen molar-refractivity contribution >= 4 is 34.9 Å². The lowest BCUT2D eigenvalue weighted by Gasteiger charge is -2.08. The van der Waals surface area contributed by atoms with Gasteiger partial charge in [-0.3, -0.25) is 9.48 Å². The Hall–Kier alpha value is -3.36. The van der Waals surface area contributed by atoms with Crippen molar-refractivity contribution in [3.05, 3.63) is 93.2 Å². The van der Waals surface area contributed by atoms with Gasteiger partial charge < -0.3 is 14.6 Å². The Labute approximate surface area is 192 Å². The van der Waals surface area contributed by atoms with Gasteiger partial charge in [-0.25, -0.2) is 4.39 Å². The fraction of sp³-hybridized carbons (Fsp3) is 0.136. The molecule has 2 aromatic heterocycles. The molecular formula is C22H17Cl2FN4O3. The third kappa shape index (κ3) is 4.76. The molecule has 0 saturated heterocycles. The van der Waals surface area contributed by atoms with Crippen LogP contribution in [0.1, 0.15) is 27.4 Å². The summed E-state index contributed by atoms with van der Waals surface area (Å²) in [6.45, 7) is 1.84. The summed E-state index contributed by atoms with van der Waals surface area (Å²) in [5.41, 5.74) is 0.863. The topological polar surface area (TPSA) is 82.2 Å². The van der Waals surface area contributed by atoms with Crippen LogP contribution in [0.25, 0.3) is 0 Å². The number of hydrogen-bond donors (Lipinski definition) is 1. The number of carbonyl (C=O) groups excluding carboxylic acids is 1. The Morgan fingerprint density at radius 3 is 2.69 bits per heavy atom. The van der Waals surface area contributed by atoms with Crippen LogP contribution in [-0.4, -0.2) is 20.8 Å². The molecule has 0 radical (unpaired) electrons. The molecule has 4 rings (SSSR count). The summed E-state index contributed by atoms with van der Waals surface area (Å²) < 4.78 is 26.4. The summed E-state index contributed by atoms with van der Waals surface area (Å²) >= 11 is 12.2. The van der Waals surface area contributed by atoms with Crippen LogP contribution in [0.4, 0.5) is 10.2 Å². The number of benzene rings is 2.